The molecule has 7 nitrogen and oxygen atoms in total. The third-order valence-corrected chi connectivity index (χ3v) is 5.88. The van der Waals surface area contributed by atoms with Crippen LogP contribution in [0.3, 0.4) is 0 Å². The van der Waals surface area contributed by atoms with Crippen molar-refractivity contribution in [3.63, 3.8) is 0 Å². The lowest BCUT2D eigenvalue weighted by Gasteiger charge is -2.16. The van der Waals surface area contributed by atoms with Gasteiger partial charge < -0.3 is 10.1 Å². The van der Waals surface area contributed by atoms with Gasteiger partial charge in [-0.2, -0.15) is 0 Å². The number of carbonyl (C=O) groups is 1. The minimum Gasteiger partial charge on any atom is -0.376 e. The fourth-order valence-corrected chi connectivity index (χ4v) is 4.05. The van der Waals surface area contributed by atoms with Crippen LogP contribution < -0.4 is 5.32 Å². The van der Waals surface area contributed by atoms with Gasteiger partial charge in [-0.05, 0) is 44.5 Å². The van der Waals surface area contributed by atoms with Gasteiger partial charge in [-0.15, -0.1) is 0 Å². The molecule has 31 heavy (non-hydrogen) atoms. The van der Waals surface area contributed by atoms with E-state index in [1.807, 2.05) is 13.0 Å². The van der Waals surface area contributed by atoms with Gasteiger partial charge in [0.15, 0.2) is 5.65 Å². The molecular formula is C24H23N5O2. The molecule has 0 fully saturated rings. The molecule has 5 rings (SSSR count). The Bertz CT molecular complexity index is 1310. The first-order chi connectivity index (χ1) is 15.0. The van der Waals surface area contributed by atoms with Crippen molar-refractivity contribution in [2.45, 2.75) is 33.8 Å². The Morgan fingerprint density at radius 2 is 1.90 bits per heavy atom. The number of rotatable bonds is 3. The van der Waals surface area contributed by atoms with Crippen LogP contribution in [-0.4, -0.2) is 32.0 Å². The van der Waals surface area contributed by atoms with E-state index in [0.29, 0.717) is 24.6 Å². The molecule has 1 aliphatic heterocycles. The molecule has 0 bridgehead atoms. The maximum Gasteiger partial charge on any atom is 0.258 e. The standard InChI is InChI=1S/C24H23N5O2/c1-14-4-6-19(7-5-14)29-16(3)15(2)21-22(26-13-27-23(21)29)28-24(30)17-10-18-12-31-9-8-20(18)25-11-17/h4-7,10-11,13H,8-9,12H2,1-3H3,(H,26,27,28,30). The van der Waals surface area contributed by atoms with Gasteiger partial charge in [0.25, 0.3) is 5.91 Å². The number of aryl methyl sites for hydroxylation is 2. The lowest BCUT2D eigenvalue weighted by Crippen LogP contribution is -2.17. The van der Waals surface area contributed by atoms with Crippen molar-refractivity contribution in [3.05, 3.63) is 76.5 Å². The number of nitrogens with one attached hydrogen (secondary N) is 1. The molecule has 1 aromatic carbocycles. The largest absolute Gasteiger partial charge is 0.376 e. The lowest BCUT2D eigenvalue weighted by atomic mass is 10.1. The highest BCUT2D eigenvalue weighted by Gasteiger charge is 2.20. The first kappa shape index (κ1) is 19.4. The lowest BCUT2D eigenvalue weighted by molar-refractivity contribution is 0.102. The van der Waals surface area contributed by atoms with Crippen molar-refractivity contribution >= 4 is 22.8 Å². The molecule has 1 aliphatic rings. The van der Waals surface area contributed by atoms with Gasteiger partial charge in [0.1, 0.15) is 12.1 Å². The SMILES string of the molecule is Cc1ccc(-n2c(C)c(C)c3c(NC(=O)c4cnc5c(c4)COCC5)ncnc32)cc1. The summed E-state index contributed by atoms with van der Waals surface area (Å²) in [5.74, 6) is 0.247. The molecule has 0 saturated heterocycles. The van der Waals surface area contributed by atoms with Crippen LogP contribution in [0.1, 0.15) is 38.4 Å². The number of ether oxygens (including phenoxy) is 1. The zero-order chi connectivity index (χ0) is 21.5. The first-order valence-electron chi connectivity index (χ1n) is 10.3. The number of hydrogen-bond acceptors (Lipinski definition) is 5. The van der Waals surface area contributed by atoms with Gasteiger partial charge >= 0.3 is 0 Å². The number of nitrogens with zero attached hydrogens (tertiary/aromatic N) is 4. The van der Waals surface area contributed by atoms with Gasteiger partial charge in [-0.1, -0.05) is 17.7 Å². The van der Waals surface area contributed by atoms with E-state index in [9.17, 15) is 4.79 Å². The van der Waals surface area contributed by atoms with E-state index in [2.05, 4.69) is 62.9 Å². The molecule has 1 amide bonds. The number of hydrogen-bond donors (Lipinski definition) is 1. The molecule has 3 aromatic heterocycles. The maximum atomic E-state index is 13.0. The highest BCUT2D eigenvalue weighted by Crippen LogP contribution is 2.31. The zero-order valence-corrected chi connectivity index (χ0v) is 17.8. The van der Waals surface area contributed by atoms with Crippen molar-refractivity contribution in [3.8, 4) is 5.69 Å². The molecule has 0 spiro atoms. The Morgan fingerprint density at radius 3 is 2.71 bits per heavy atom. The van der Waals surface area contributed by atoms with Crippen LogP contribution in [0.25, 0.3) is 16.7 Å². The predicted molar refractivity (Wildman–Crippen MR) is 119 cm³/mol. The number of amides is 1. The van der Waals surface area contributed by atoms with Crippen LogP contribution in [0.4, 0.5) is 5.82 Å². The van der Waals surface area contributed by atoms with E-state index in [4.69, 9.17) is 4.74 Å². The Hall–Kier alpha value is -3.58. The molecule has 156 valence electrons. The van der Waals surface area contributed by atoms with Crippen LogP contribution in [0.5, 0.6) is 0 Å². The molecule has 4 aromatic rings. The number of carbonyl (C=O) groups excluding carboxylic acids is 1. The number of aromatic nitrogens is 4. The Kier molecular flexibility index (Phi) is 4.75. The van der Waals surface area contributed by atoms with Crippen molar-refractivity contribution in [1.29, 1.82) is 0 Å². The van der Waals surface area contributed by atoms with Gasteiger partial charge in [0.2, 0.25) is 0 Å². The topological polar surface area (TPSA) is 81.9 Å². The molecule has 0 unspecified atom stereocenters. The molecular weight excluding hydrogens is 390 g/mol. The van der Waals surface area contributed by atoms with Gasteiger partial charge in [-0.25, -0.2) is 9.97 Å². The third kappa shape index (κ3) is 3.37. The quantitative estimate of drug-likeness (QED) is 0.548. The van der Waals surface area contributed by atoms with Crippen molar-refractivity contribution in [1.82, 2.24) is 19.5 Å². The molecule has 7 heteroatoms. The second-order valence-corrected chi connectivity index (χ2v) is 7.89. The zero-order valence-electron chi connectivity index (χ0n) is 17.8. The highest BCUT2D eigenvalue weighted by molar-refractivity contribution is 6.08. The summed E-state index contributed by atoms with van der Waals surface area (Å²) >= 11 is 0. The van der Waals surface area contributed by atoms with Gasteiger partial charge in [0.05, 0.1) is 24.2 Å². The third-order valence-electron chi connectivity index (χ3n) is 5.88. The minimum absolute atomic E-state index is 0.249. The van der Waals surface area contributed by atoms with Gasteiger partial charge in [0, 0.05) is 35.3 Å². The maximum absolute atomic E-state index is 13.0. The normalized spacial score (nSPS) is 13.3. The van der Waals surface area contributed by atoms with Crippen LogP contribution in [0.15, 0.2) is 42.9 Å². The highest BCUT2D eigenvalue weighted by atomic mass is 16.5. The summed E-state index contributed by atoms with van der Waals surface area (Å²) in [6, 6.07) is 10.1. The number of pyridine rings is 1. The molecule has 0 aliphatic carbocycles. The van der Waals surface area contributed by atoms with E-state index in [0.717, 1.165) is 45.7 Å². The van der Waals surface area contributed by atoms with Crippen LogP contribution in [0, 0.1) is 20.8 Å². The van der Waals surface area contributed by atoms with Crippen LogP contribution in [0.2, 0.25) is 0 Å². The van der Waals surface area contributed by atoms with Crippen molar-refractivity contribution in [2.24, 2.45) is 0 Å². The van der Waals surface area contributed by atoms with Crippen LogP contribution in [-0.2, 0) is 17.8 Å². The van der Waals surface area contributed by atoms with Crippen molar-refractivity contribution < 1.29 is 9.53 Å². The summed E-state index contributed by atoms with van der Waals surface area (Å²) in [5.41, 5.74) is 7.52. The van der Waals surface area contributed by atoms with Crippen LogP contribution >= 0.6 is 0 Å². The van der Waals surface area contributed by atoms with E-state index in [1.54, 1.807) is 6.20 Å². The Labute approximate surface area is 180 Å². The smallest absolute Gasteiger partial charge is 0.258 e. The van der Waals surface area contributed by atoms with Crippen molar-refractivity contribution in [2.75, 3.05) is 11.9 Å². The monoisotopic (exact) mass is 413 g/mol. The predicted octanol–water partition coefficient (Wildman–Crippen LogP) is 4.07. The Morgan fingerprint density at radius 1 is 1.10 bits per heavy atom. The number of benzene rings is 1. The van der Waals surface area contributed by atoms with E-state index in [-0.39, 0.29) is 5.91 Å². The second kappa shape index (κ2) is 7.59. The second-order valence-electron chi connectivity index (χ2n) is 7.89. The van der Waals surface area contributed by atoms with E-state index >= 15 is 0 Å². The summed E-state index contributed by atoms with van der Waals surface area (Å²) in [4.78, 5) is 26.4. The average molecular weight is 413 g/mol. The minimum atomic E-state index is -0.249. The molecule has 1 N–H and O–H groups in total. The molecule has 0 saturated carbocycles. The summed E-state index contributed by atoms with van der Waals surface area (Å²) in [6.07, 6.45) is 3.88. The molecule has 0 radical (unpaired) electrons. The Balaban J connectivity index is 1.54. The summed E-state index contributed by atoms with van der Waals surface area (Å²) in [5, 5.41) is 3.80. The summed E-state index contributed by atoms with van der Waals surface area (Å²) in [6.45, 7) is 7.29. The molecule has 4 heterocycles. The summed E-state index contributed by atoms with van der Waals surface area (Å²) < 4.78 is 7.59. The fraction of sp³-hybridized carbons (Fsp3) is 0.250. The number of anilines is 1. The average Bonchev–Trinajstić information content (AvgIpc) is 3.05. The van der Waals surface area contributed by atoms with E-state index < -0.39 is 0 Å². The summed E-state index contributed by atoms with van der Waals surface area (Å²) in [7, 11) is 0. The molecule has 0 atom stereocenters. The fourth-order valence-electron chi connectivity index (χ4n) is 4.05. The van der Waals surface area contributed by atoms with E-state index in [1.165, 1.54) is 11.9 Å². The van der Waals surface area contributed by atoms with Gasteiger partial charge in [-0.3, -0.25) is 14.3 Å². The first-order valence-corrected chi connectivity index (χ1v) is 10.3. The number of fused-ring (bicyclic) bond motifs is 2.